The van der Waals surface area contributed by atoms with Crippen LogP contribution in [-0.2, 0) is 4.74 Å². The zero-order chi connectivity index (χ0) is 9.52. The molecule has 0 saturated carbocycles. The van der Waals surface area contributed by atoms with E-state index >= 15 is 0 Å². The highest BCUT2D eigenvalue weighted by atomic mass is 32.2. The Bertz CT molecular complexity index is 170. The topological polar surface area (TPSA) is 21.6 Å². The van der Waals surface area contributed by atoms with Crippen LogP contribution in [0.15, 0.2) is 4.99 Å². The van der Waals surface area contributed by atoms with Crippen LogP contribution in [0.25, 0.3) is 0 Å². The van der Waals surface area contributed by atoms with Crippen LogP contribution < -0.4 is 0 Å². The van der Waals surface area contributed by atoms with Gasteiger partial charge < -0.3 is 4.74 Å². The number of hydrogen-bond donors (Lipinski definition) is 0. The smallest absolute Gasteiger partial charge is 0.246 e. The molecule has 76 valence electrons. The Morgan fingerprint density at radius 3 is 3.00 bits per heavy atom. The van der Waals surface area contributed by atoms with Crippen LogP contribution in [0.3, 0.4) is 0 Å². The molecule has 0 bridgehead atoms. The summed E-state index contributed by atoms with van der Waals surface area (Å²) in [6.07, 6.45) is 5.53. The molecular formula is C10H19NOS. The third-order valence-electron chi connectivity index (χ3n) is 2.08. The summed E-state index contributed by atoms with van der Waals surface area (Å²) in [4.78, 5) is 4.26. The first kappa shape index (κ1) is 10.9. The van der Waals surface area contributed by atoms with E-state index in [1.807, 2.05) is 6.92 Å². The van der Waals surface area contributed by atoms with Crippen LogP contribution in [0.2, 0.25) is 0 Å². The van der Waals surface area contributed by atoms with Gasteiger partial charge in [0.1, 0.15) is 6.10 Å². The number of nitrogens with zero attached hydrogens (tertiary/aromatic N) is 1. The fourth-order valence-corrected chi connectivity index (χ4v) is 2.34. The molecule has 1 saturated heterocycles. The SMILES string of the molecule is CCCCCC1CSC(=NCC)O1. The van der Waals surface area contributed by atoms with E-state index in [0.717, 1.165) is 17.5 Å². The van der Waals surface area contributed by atoms with Crippen LogP contribution in [0.5, 0.6) is 0 Å². The van der Waals surface area contributed by atoms with Crippen molar-refractivity contribution in [2.24, 2.45) is 4.99 Å². The summed E-state index contributed by atoms with van der Waals surface area (Å²) >= 11 is 1.76. The highest BCUT2D eigenvalue weighted by Crippen LogP contribution is 2.23. The van der Waals surface area contributed by atoms with Gasteiger partial charge in [-0.2, -0.15) is 0 Å². The first-order chi connectivity index (χ1) is 6.36. The minimum Gasteiger partial charge on any atom is -0.469 e. The van der Waals surface area contributed by atoms with Gasteiger partial charge >= 0.3 is 0 Å². The van der Waals surface area contributed by atoms with Gasteiger partial charge in [0.15, 0.2) is 0 Å². The summed E-state index contributed by atoms with van der Waals surface area (Å²) in [5.41, 5.74) is 0. The summed E-state index contributed by atoms with van der Waals surface area (Å²) in [5.74, 6) is 1.10. The molecule has 0 radical (unpaired) electrons. The lowest BCUT2D eigenvalue weighted by molar-refractivity contribution is 0.214. The van der Waals surface area contributed by atoms with Crippen LogP contribution >= 0.6 is 11.8 Å². The lowest BCUT2D eigenvalue weighted by atomic mass is 10.1. The number of unbranched alkanes of at least 4 members (excludes halogenated alkanes) is 2. The Morgan fingerprint density at radius 1 is 1.46 bits per heavy atom. The number of ether oxygens (including phenoxy) is 1. The van der Waals surface area contributed by atoms with Gasteiger partial charge in [-0.3, -0.25) is 0 Å². The zero-order valence-electron chi connectivity index (χ0n) is 8.58. The number of thioether (sulfide) groups is 1. The van der Waals surface area contributed by atoms with E-state index in [1.54, 1.807) is 11.8 Å². The maximum atomic E-state index is 5.66. The quantitative estimate of drug-likeness (QED) is 0.638. The number of aliphatic imine (C=N–C) groups is 1. The second-order valence-corrected chi connectivity index (χ2v) is 4.26. The summed E-state index contributed by atoms with van der Waals surface area (Å²) in [7, 11) is 0. The van der Waals surface area contributed by atoms with Crippen molar-refractivity contribution in [3.8, 4) is 0 Å². The Labute approximate surface area is 85.1 Å². The monoisotopic (exact) mass is 201 g/mol. The molecule has 13 heavy (non-hydrogen) atoms. The minimum absolute atomic E-state index is 0.432. The molecule has 0 spiro atoms. The van der Waals surface area contributed by atoms with Crippen molar-refractivity contribution in [2.75, 3.05) is 12.3 Å². The van der Waals surface area contributed by atoms with Crippen LogP contribution in [0, 0.1) is 0 Å². The van der Waals surface area contributed by atoms with E-state index < -0.39 is 0 Å². The van der Waals surface area contributed by atoms with Gasteiger partial charge in [0, 0.05) is 12.3 Å². The number of hydrogen-bond acceptors (Lipinski definition) is 3. The van der Waals surface area contributed by atoms with E-state index in [1.165, 1.54) is 25.7 Å². The first-order valence-electron chi connectivity index (χ1n) is 5.20. The maximum Gasteiger partial charge on any atom is 0.246 e. The van der Waals surface area contributed by atoms with Gasteiger partial charge in [-0.25, -0.2) is 4.99 Å². The normalized spacial score (nSPS) is 25.1. The van der Waals surface area contributed by atoms with Gasteiger partial charge in [-0.15, -0.1) is 0 Å². The van der Waals surface area contributed by atoms with E-state index in [2.05, 4.69) is 11.9 Å². The van der Waals surface area contributed by atoms with Crippen LogP contribution in [0.1, 0.15) is 39.5 Å². The van der Waals surface area contributed by atoms with Gasteiger partial charge in [0.05, 0.1) is 0 Å². The average Bonchev–Trinajstić information content (AvgIpc) is 2.54. The predicted molar refractivity (Wildman–Crippen MR) is 59.4 cm³/mol. The number of rotatable bonds is 5. The van der Waals surface area contributed by atoms with Crippen molar-refractivity contribution in [3.05, 3.63) is 0 Å². The molecule has 1 unspecified atom stereocenters. The first-order valence-corrected chi connectivity index (χ1v) is 6.19. The molecule has 0 aliphatic carbocycles. The molecule has 3 heteroatoms. The molecule has 2 nitrogen and oxygen atoms in total. The largest absolute Gasteiger partial charge is 0.469 e. The second-order valence-electron chi connectivity index (χ2n) is 3.29. The standard InChI is InChI=1S/C10H19NOS/c1-3-5-6-7-9-8-13-10(12-9)11-4-2/h9H,3-8H2,1-2H3. The van der Waals surface area contributed by atoms with Crippen molar-refractivity contribution in [2.45, 2.75) is 45.6 Å². The second kappa shape index (κ2) is 6.30. The van der Waals surface area contributed by atoms with Crippen molar-refractivity contribution >= 4 is 17.0 Å². The van der Waals surface area contributed by atoms with Crippen molar-refractivity contribution < 1.29 is 4.74 Å². The molecule has 0 amide bonds. The highest BCUT2D eigenvalue weighted by molar-refractivity contribution is 8.13. The van der Waals surface area contributed by atoms with Gasteiger partial charge in [-0.05, 0) is 19.8 Å². The van der Waals surface area contributed by atoms with Crippen LogP contribution in [0.4, 0.5) is 0 Å². The molecular weight excluding hydrogens is 182 g/mol. The Morgan fingerprint density at radius 2 is 2.31 bits per heavy atom. The molecule has 1 aliphatic rings. The fraction of sp³-hybridized carbons (Fsp3) is 0.900. The summed E-state index contributed by atoms with van der Waals surface area (Å²) in [6, 6.07) is 0. The molecule has 1 heterocycles. The molecule has 0 N–H and O–H groups in total. The summed E-state index contributed by atoms with van der Waals surface area (Å²) in [6.45, 7) is 5.11. The van der Waals surface area contributed by atoms with E-state index in [4.69, 9.17) is 4.74 Å². The van der Waals surface area contributed by atoms with Gasteiger partial charge in [0.25, 0.3) is 0 Å². The van der Waals surface area contributed by atoms with Crippen molar-refractivity contribution in [1.29, 1.82) is 0 Å². The Kier molecular flexibility index (Phi) is 5.28. The third-order valence-corrected chi connectivity index (χ3v) is 3.09. The molecule has 1 fully saturated rings. The average molecular weight is 201 g/mol. The lowest BCUT2D eigenvalue weighted by Gasteiger charge is -2.07. The van der Waals surface area contributed by atoms with E-state index in [9.17, 15) is 0 Å². The summed E-state index contributed by atoms with van der Waals surface area (Å²) in [5, 5.41) is 0.906. The summed E-state index contributed by atoms with van der Waals surface area (Å²) < 4.78 is 5.66. The Balaban J connectivity index is 2.14. The third kappa shape index (κ3) is 4.03. The molecule has 1 aliphatic heterocycles. The zero-order valence-corrected chi connectivity index (χ0v) is 9.40. The molecule has 1 atom stereocenters. The van der Waals surface area contributed by atoms with E-state index in [0.29, 0.717) is 6.10 Å². The minimum atomic E-state index is 0.432. The van der Waals surface area contributed by atoms with Crippen molar-refractivity contribution in [3.63, 3.8) is 0 Å². The molecule has 0 aromatic carbocycles. The molecule has 0 aromatic heterocycles. The van der Waals surface area contributed by atoms with Gasteiger partial charge in [0.2, 0.25) is 5.23 Å². The van der Waals surface area contributed by atoms with Crippen molar-refractivity contribution in [1.82, 2.24) is 0 Å². The lowest BCUT2D eigenvalue weighted by Crippen LogP contribution is -2.09. The van der Waals surface area contributed by atoms with E-state index in [-0.39, 0.29) is 0 Å². The predicted octanol–water partition coefficient (Wildman–Crippen LogP) is 3.07. The Hall–Kier alpha value is -0.180. The molecule has 0 aromatic rings. The molecule has 1 rings (SSSR count). The van der Waals surface area contributed by atoms with Crippen LogP contribution in [-0.4, -0.2) is 23.6 Å². The maximum absolute atomic E-state index is 5.66. The highest BCUT2D eigenvalue weighted by Gasteiger charge is 2.21. The van der Waals surface area contributed by atoms with Gasteiger partial charge in [-0.1, -0.05) is 31.5 Å². The fourth-order valence-electron chi connectivity index (χ4n) is 1.35.